The number of hydrogen-bond acceptors (Lipinski definition) is 6. The first kappa shape index (κ1) is 19.8. The van der Waals surface area contributed by atoms with E-state index in [9.17, 15) is 24.6 Å². The van der Waals surface area contributed by atoms with E-state index in [1.807, 2.05) is 20.8 Å². The number of allylic oxidation sites excluding steroid dienone is 2. The van der Waals surface area contributed by atoms with Crippen LogP contribution in [0, 0.1) is 22.7 Å². The van der Waals surface area contributed by atoms with Gasteiger partial charge < -0.3 is 14.9 Å². The van der Waals surface area contributed by atoms with Crippen LogP contribution in [-0.4, -0.2) is 40.5 Å². The quantitative estimate of drug-likeness (QED) is 0.446. The minimum Gasteiger partial charge on any atom is -0.507 e. The van der Waals surface area contributed by atoms with Crippen molar-refractivity contribution in [3.8, 4) is 0 Å². The maximum Gasteiger partial charge on any atom is 0.293 e. The second-order valence-electron chi connectivity index (χ2n) is 9.24. The Morgan fingerprint density at radius 1 is 1.15 bits per heavy atom. The summed E-state index contributed by atoms with van der Waals surface area (Å²) in [6.07, 6.45) is 0.0615. The van der Waals surface area contributed by atoms with Crippen LogP contribution in [0.5, 0.6) is 0 Å². The number of ether oxygens (including phenoxy) is 1. The number of Topliss-reactive ketones (excluding diaryl/α,β-unsaturated/α-hetero) is 2. The number of aliphatic hydroxyl groups is 2. The normalized spacial score (nSPS) is 35.9. The third-order valence-electron chi connectivity index (χ3n) is 6.79. The van der Waals surface area contributed by atoms with Crippen molar-refractivity contribution in [3.05, 3.63) is 22.5 Å². The van der Waals surface area contributed by atoms with Gasteiger partial charge in [0.2, 0.25) is 11.6 Å². The van der Waals surface area contributed by atoms with E-state index in [2.05, 4.69) is 0 Å². The van der Waals surface area contributed by atoms with Crippen LogP contribution in [-0.2, 0) is 19.1 Å². The van der Waals surface area contributed by atoms with Crippen molar-refractivity contribution in [2.45, 2.75) is 66.1 Å². The Labute approximate surface area is 159 Å². The molecule has 0 aliphatic heterocycles. The van der Waals surface area contributed by atoms with Crippen LogP contribution in [0.3, 0.4) is 0 Å². The zero-order valence-corrected chi connectivity index (χ0v) is 16.5. The predicted octanol–water partition coefficient (Wildman–Crippen LogP) is 2.65. The van der Waals surface area contributed by atoms with Crippen molar-refractivity contribution in [2.24, 2.45) is 22.7 Å². The molecule has 0 unspecified atom stereocenters. The molecule has 6 nitrogen and oxygen atoms in total. The Hall–Kier alpha value is -1.95. The highest BCUT2D eigenvalue weighted by atomic mass is 16.5. The maximum absolute atomic E-state index is 13.2. The summed E-state index contributed by atoms with van der Waals surface area (Å²) in [6.45, 7) is 9.57. The van der Waals surface area contributed by atoms with Crippen molar-refractivity contribution in [2.75, 3.05) is 0 Å². The first-order chi connectivity index (χ1) is 12.5. The number of rotatable bonds is 3. The first-order valence-corrected chi connectivity index (χ1v) is 9.53. The highest BCUT2D eigenvalue weighted by Gasteiger charge is 2.62. The highest BCUT2D eigenvalue weighted by Crippen LogP contribution is 2.61. The molecular formula is C21H28O6. The van der Waals surface area contributed by atoms with Gasteiger partial charge in [-0.05, 0) is 24.2 Å². The molecule has 0 spiro atoms. The molecule has 0 amide bonds. The fraction of sp³-hybridized carbons (Fsp3) is 0.667. The molecule has 1 saturated carbocycles. The van der Waals surface area contributed by atoms with Crippen LogP contribution in [0.25, 0.3) is 0 Å². The molecule has 0 heterocycles. The molecule has 2 N–H and O–H groups in total. The monoisotopic (exact) mass is 376 g/mol. The van der Waals surface area contributed by atoms with Gasteiger partial charge in [-0.2, -0.15) is 0 Å². The smallest absolute Gasteiger partial charge is 0.293 e. The number of carbonyl (C=O) groups excluding carboxylic acids is 3. The lowest BCUT2D eigenvalue weighted by molar-refractivity contribution is -0.156. The standard InChI is InChI=1S/C21H28O6/c1-10(2)11-14(23)12-13(16(25)15(11)24)21(5)8-6-7-20(3,4)19(21)17(26)18(12)27-9-22/h9-10,17-19,23,26H,6-8H2,1-5H3/t17-,18+,19-,21+/m0/s1. The molecule has 0 radical (unpaired) electrons. The van der Waals surface area contributed by atoms with Gasteiger partial charge in [0.1, 0.15) is 5.76 Å². The molecule has 0 bridgehead atoms. The molecule has 1 fully saturated rings. The lowest BCUT2D eigenvalue weighted by Gasteiger charge is -2.58. The number of ketones is 2. The third-order valence-corrected chi connectivity index (χ3v) is 6.79. The minimum absolute atomic E-state index is 0.0163. The molecule has 0 aromatic rings. The third kappa shape index (κ3) is 2.60. The fourth-order valence-corrected chi connectivity index (χ4v) is 5.87. The van der Waals surface area contributed by atoms with Crippen molar-refractivity contribution >= 4 is 18.0 Å². The summed E-state index contributed by atoms with van der Waals surface area (Å²) >= 11 is 0. The van der Waals surface area contributed by atoms with E-state index in [0.29, 0.717) is 6.42 Å². The minimum atomic E-state index is -1.17. The van der Waals surface area contributed by atoms with Crippen LogP contribution >= 0.6 is 0 Å². The molecule has 3 rings (SSSR count). The summed E-state index contributed by atoms with van der Waals surface area (Å²) in [6, 6.07) is 0. The van der Waals surface area contributed by atoms with Crippen molar-refractivity contribution < 1.29 is 29.3 Å². The van der Waals surface area contributed by atoms with Crippen LogP contribution in [0.1, 0.15) is 53.9 Å². The molecule has 148 valence electrons. The van der Waals surface area contributed by atoms with Gasteiger partial charge in [-0.3, -0.25) is 14.4 Å². The summed E-state index contributed by atoms with van der Waals surface area (Å²) in [7, 11) is 0. The Bertz CT molecular complexity index is 772. The average Bonchev–Trinajstić information content (AvgIpc) is 2.54. The predicted molar refractivity (Wildman–Crippen MR) is 97.7 cm³/mol. The van der Waals surface area contributed by atoms with Gasteiger partial charge in [0, 0.05) is 28.1 Å². The molecule has 0 aromatic heterocycles. The molecule has 0 aromatic carbocycles. The summed E-state index contributed by atoms with van der Waals surface area (Å²) in [4.78, 5) is 37.1. The number of hydrogen-bond donors (Lipinski definition) is 2. The van der Waals surface area contributed by atoms with Gasteiger partial charge in [0.05, 0.1) is 6.10 Å². The molecular weight excluding hydrogens is 348 g/mol. The van der Waals surface area contributed by atoms with Crippen LogP contribution in [0.2, 0.25) is 0 Å². The highest BCUT2D eigenvalue weighted by molar-refractivity contribution is 6.50. The van der Waals surface area contributed by atoms with E-state index in [4.69, 9.17) is 4.74 Å². The van der Waals surface area contributed by atoms with E-state index in [0.717, 1.165) is 12.8 Å². The number of carbonyl (C=O) groups is 3. The van der Waals surface area contributed by atoms with Gasteiger partial charge in [-0.1, -0.05) is 41.0 Å². The zero-order valence-electron chi connectivity index (χ0n) is 16.5. The van der Waals surface area contributed by atoms with E-state index >= 15 is 0 Å². The second-order valence-corrected chi connectivity index (χ2v) is 9.24. The molecule has 0 saturated heterocycles. The summed E-state index contributed by atoms with van der Waals surface area (Å²) in [5, 5.41) is 22.1. The van der Waals surface area contributed by atoms with Gasteiger partial charge in [-0.25, -0.2) is 0 Å². The van der Waals surface area contributed by atoms with Gasteiger partial charge in [0.25, 0.3) is 6.47 Å². The molecule has 4 atom stereocenters. The zero-order chi connectivity index (χ0) is 20.3. The van der Waals surface area contributed by atoms with Gasteiger partial charge in [0.15, 0.2) is 6.10 Å². The van der Waals surface area contributed by atoms with Gasteiger partial charge >= 0.3 is 0 Å². The van der Waals surface area contributed by atoms with E-state index in [-0.39, 0.29) is 46.2 Å². The lowest BCUT2D eigenvalue weighted by atomic mass is 9.47. The van der Waals surface area contributed by atoms with Crippen LogP contribution in [0.15, 0.2) is 22.5 Å². The van der Waals surface area contributed by atoms with Gasteiger partial charge in [-0.15, -0.1) is 0 Å². The molecule has 27 heavy (non-hydrogen) atoms. The van der Waals surface area contributed by atoms with Crippen molar-refractivity contribution in [3.63, 3.8) is 0 Å². The van der Waals surface area contributed by atoms with Crippen molar-refractivity contribution in [1.82, 2.24) is 0 Å². The lowest BCUT2D eigenvalue weighted by Crippen LogP contribution is -2.60. The summed E-state index contributed by atoms with van der Waals surface area (Å²) < 4.78 is 5.19. The Kier molecular flexibility index (Phi) is 4.62. The van der Waals surface area contributed by atoms with E-state index in [1.165, 1.54) is 0 Å². The van der Waals surface area contributed by atoms with Crippen LogP contribution < -0.4 is 0 Å². The Morgan fingerprint density at radius 2 is 1.78 bits per heavy atom. The fourth-order valence-electron chi connectivity index (χ4n) is 5.87. The summed E-state index contributed by atoms with van der Waals surface area (Å²) in [5.41, 5.74) is -0.759. The maximum atomic E-state index is 13.2. The molecule has 6 heteroatoms. The van der Waals surface area contributed by atoms with E-state index in [1.54, 1.807) is 13.8 Å². The molecule has 3 aliphatic carbocycles. The largest absolute Gasteiger partial charge is 0.507 e. The van der Waals surface area contributed by atoms with Crippen molar-refractivity contribution in [1.29, 1.82) is 0 Å². The number of aliphatic hydroxyl groups excluding tert-OH is 2. The average molecular weight is 376 g/mol. The first-order valence-electron chi connectivity index (χ1n) is 9.53. The Morgan fingerprint density at radius 3 is 2.33 bits per heavy atom. The van der Waals surface area contributed by atoms with E-state index < -0.39 is 29.2 Å². The second kappa shape index (κ2) is 6.30. The number of fused-ring (bicyclic) bond motifs is 2. The van der Waals surface area contributed by atoms with Crippen LogP contribution in [0.4, 0.5) is 0 Å². The SMILES string of the molecule is CC(C)C1=C(O)C2=C(C(=O)C1=O)[C@@]1(C)CCCC(C)(C)[C@@H]1[C@@H](O)[C@@H]2OC=O. The summed E-state index contributed by atoms with van der Waals surface area (Å²) in [5.74, 6) is -2.43. The Balaban J connectivity index is 2.36. The topological polar surface area (TPSA) is 101 Å². The molecule has 3 aliphatic rings.